The molecule has 0 saturated carbocycles. The summed E-state index contributed by atoms with van der Waals surface area (Å²) in [4.78, 5) is 13.2. The van der Waals surface area contributed by atoms with E-state index in [-0.39, 0.29) is 17.4 Å². The Morgan fingerprint density at radius 1 is 1.15 bits per heavy atom. The van der Waals surface area contributed by atoms with E-state index < -0.39 is 9.84 Å². The number of sulfone groups is 1. The summed E-state index contributed by atoms with van der Waals surface area (Å²) >= 11 is 0. The standard InChI is InChI=1S/C23H22FN5O3S/c1-13-4-5-15(14(2)28-13)18-11-26-23(29-12-27-22(21(18)29)33(3,30)31)25-10-17-16-8-9-32-20(16)7-6-19(17)24/h4-7,11-12H,8-10H2,1-3H3,(H,25,26). The van der Waals surface area contributed by atoms with Crippen LogP contribution in [0, 0.1) is 19.7 Å². The van der Waals surface area contributed by atoms with Gasteiger partial charge < -0.3 is 10.1 Å². The van der Waals surface area contributed by atoms with Crippen molar-refractivity contribution < 1.29 is 17.5 Å². The minimum atomic E-state index is -3.62. The zero-order valence-corrected chi connectivity index (χ0v) is 19.2. The molecule has 0 spiro atoms. The maximum absolute atomic E-state index is 14.6. The molecule has 0 radical (unpaired) electrons. The second kappa shape index (κ2) is 7.80. The van der Waals surface area contributed by atoms with Crippen LogP contribution in [0.1, 0.15) is 22.5 Å². The highest BCUT2D eigenvalue weighted by Gasteiger charge is 2.23. The van der Waals surface area contributed by atoms with Crippen molar-refractivity contribution in [2.24, 2.45) is 0 Å². The number of halogens is 1. The van der Waals surface area contributed by atoms with Crippen LogP contribution in [-0.4, -0.2) is 40.6 Å². The van der Waals surface area contributed by atoms with Gasteiger partial charge in [0.2, 0.25) is 5.95 Å². The van der Waals surface area contributed by atoms with Gasteiger partial charge in [-0.3, -0.25) is 9.38 Å². The molecule has 3 aromatic heterocycles. The molecule has 1 aromatic carbocycles. The zero-order chi connectivity index (χ0) is 23.3. The van der Waals surface area contributed by atoms with E-state index in [1.165, 1.54) is 12.4 Å². The summed E-state index contributed by atoms with van der Waals surface area (Å²) in [6.45, 7) is 4.44. The molecule has 0 aliphatic carbocycles. The van der Waals surface area contributed by atoms with E-state index >= 15 is 0 Å². The van der Waals surface area contributed by atoms with Crippen molar-refractivity contribution >= 4 is 21.3 Å². The van der Waals surface area contributed by atoms with Gasteiger partial charge in [0.15, 0.2) is 14.9 Å². The van der Waals surface area contributed by atoms with E-state index in [1.807, 2.05) is 26.0 Å². The number of benzene rings is 1. The number of pyridine rings is 1. The van der Waals surface area contributed by atoms with Gasteiger partial charge in [-0.2, -0.15) is 0 Å². The Balaban J connectivity index is 1.63. The predicted octanol–water partition coefficient (Wildman–Crippen LogP) is 3.50. The van der Waals surface area contributed by atoms with Gasteiger partial charge in [0.25, 0.3) is 0 Å². The second-order valence-electron chi connectivity index (χ2n) is 8.08. The van der Waals surface area contributed by atoms with Crippen molar-refractivity contribution in [2.45, 2.75) is 31.8 Å². The third-order valence-corrected chi connectivity index (χ3v) is 6.76. The molecule has 170 valence electrons. The maximum Gasteiger partial charge on any atom is 0.209 e. The molecule has 0 unspecified atom stereocenters. The van der Waals surface area contributed by atoms with Crippen molar-refractivity contribution in [1.82, 2.24) is 19.4 Å². The van der Waals surface area contributed by atoms with Crippen LogP contribution in [-0.2, 0) is 22.8 Å². The fourth-order valence-electron chi connectivity index (χ4n) is 4.23. The van der Waals surface area contributed by atoms with E-state index in [0.717, 1.165) is 28.8 Å². The smallest absolute Gasteiger partial charge is 0.209 e. The normalized spacial score (nSPS) is 13.2. The van der Waals surface area contributed by atoms with Gasteiger partial charge in [-0.05, 0) is 32.0 Å². The summed E-state index contributed by atoms with van der Waals surface area (Å²) in [5.41, 5.74) is 4.71. The van der Waals surface area contributed by atoms with Crippen molar-refractivity contribution in [3.63, 3.8) is 0 Å². The highest BCUT2D eigenvalue weighted by Crippen LogP contribution is 2.33. The predicted molar refractivity (Wildman–Crippen MR) is 122 cm³/mol. The van der Waals surface area contributed by atoms with Crippen molar-refractivity contribution in [3.05, 3.63) is 65.1 Å². The summed E-state index contributed by atoms with van der Waals surface area (Å²) < 4.78 is 46.7. The Morgan fingerprint density at radius 2 is 1.97 bits per heavy atom. The molecule has 33 heavy (non-hydrogen) atoms. The highest BCUT2D eigenvalue weighted by atomic mass is 32.2. The first-order valence-corrected chi connectivity index (χ1v) is 12.3. The molecule has 10 heteroatoms. The van der Waals surface area contributed by atoms with Crippen LogP contribution in [0.5, 0.6) is 5.75 Å². The number of hydrogen-bond donors (Lipinski definition) is 1. The van der Waals surface area contributed by atoms with E-state index in [2.05, 4.69) is 20.3 Å². The van der Waals surface area contributed by atoms with Gasteiger partial charge in [-0.25, -0.2) is 22.8 Å². The van der Waals surface area contributed by atoms with E-state index in [9.17, 15) is 12.8 Å². The molecular weight excluding hydrogens is 445 g/mol. The Bertz CT molecular complexity index is 1510. The van der Waals surface area contributed by atoms with E-state index in [4.69, 9.17) is 4.74 Å². The summed E-state index contributed by atoms with van der Waals surface area (Å²) in [7, 11) is -3.62. The van der Waals surface area contributed by atoms with Gasteiger partial charge in [0.1, 0.15) is 17.9 Å². The van der Waals surface area contributed by atoms with E-state index in [1.54, 1.807) is 16.7 Å². The number of anilines is 1. The van der Waals surface area contributed by atoms with E-state index in [0.29, 0.717) is 41.4 Å². The summed E-state index contributed by atoms with van der Waals surface area (Å²) in [6, 6.07) is 6.78. The molecule has 0 amide bonds. The molecular formula is C23H22FN5O3S. The average Bonchev–Trinajstić information content (AvgIpc) is 3.40. The van der Waals surface area contributed by atoms with Gasteiger partial charge >= 0.3 is 0 Å². The SMILES string of the molecule is Cc1ccc(-c2cnc(NCc3c(F)ccc4c3CCO4)n3cnc(S(C)(=O)=O)c23)c(C)n1. The van der Waals surface area contributed by atoms with Crippen LogP contribution in [0.3, 0.4) is 0 Å². The average molecular weight is 468 g/mol. The van der Waals surface area contributed by atoms with Crippen LogP contribution in [0.2, 0.25) is 0 Å². The Labute approximate surface area is 190 Å². The molecule has 5 rings (SSSR count). The molecule has 0 fully saturated rings. The molecule has 4 heterocycles. The lowest BCUT2D eigenvalue weighted by Gasteiger charge is -2.14. The highest BCUT2D eigenvalue weighted by molar-refractivity contribution is 7.90. The number of nitrogens with zero attached hydrogens (tertiary/aromatic N) is 4. The summed E-state index contributed by atoms with van der Waals surface area (Å²) in [5.74, 6) is 0.708. The van der Waals surface area contributed by atoms with Crippen molar-refractivity contribution in [1.29, 1.82) is 0 Å². The van der Waals surface area contributed by atoms with Gasteiger partial charge in [0, 0.05) is 59.1 Å². The fraction of sp³-hybridized carbons (Fsp3) is 0.261. The Kier molecular flexibility index (Phi) is 5.04. The maximum atomic E-state index is 14.6. The number of nitrogens with one attached hydrogen (secondary N) is 1. The first-order valence-electron chi connectivity index (χ1n) is 10.4. The topological polar surface area (TPSA) is 98.5 Å². The third kappa shape index (κ3) is 3.70. The lowest BCUT2D eigenvalue weighted by molar-refractivity contribution is 0.356. The molecule has 0 saturated heterocycles. The van der Waals surface area contributed by atoms with Crippen LogP contribution in [0.15, 0.2) is 41.8 Å². The largest absolute Gasteiger partial charge is 0.493 e. The Hall–Kier alpha value is -3.53. The van der Waals surface area contributed by atoms with Crippen LogP contribution < -0.4 is 10.1 Å². The van der Waals surface area contributed by atoms with Crippen molar-refractivity contribution in [3.8, 4) is 16.9 Å². The molecule has 0 atom stereocenters. The minimum absolute atomic E-state index is 0.0527. The number of aromatic nitrogens is 4. The molecule has 4 aromatic rings. The molecule has 1 N–H and O–H groups in total. The van der Waals surface area contributed by atoms with Crippen LogP contribution in [0.25, 0.3) is 16.6 Å². The zero-order valence-electron chi connectivity index (χ0n) is 18.4. The molecule has 8 nitrogen and oxygen atoms in total. The van der Waals surface area contributed by atoms with Gasteiger partial charge in [-0.15, -0.1) is 0 Å². The molecule has 1 aliphatic heterocycles. The summed E-state index contributed by atoms with van der Waals surface area (Å²) in [6.07, 6.45) is 4.77. The Morgan fingerprint density at radius 3 is 2.73 bits per heavy atom. The number of hydrogen-bond acceptors (Lipinski definition) is 7. The second-order valence-corrected chi connectivity index (χ2v) is 10.0. The quantitative estimate of drug-likeness (QED) is 0.480. The van der Waals surface area contributed by atoms with Crippen LogP contribution in [0.4, 0.5) is 10.3 Å². The number of aryl methyl sites for hydroxylation is 2. The third-order valence-electron chi connectivity index (χ3n) is 5.76. The van der Waals surface area contributed by atoms with Gasteiger partial charge in [0.05, 0.1) is 12.1 Å². The van der Waals surface area contributed by atoms with Gasteiger partial charge in [-0.1, -0.05) is 6.07 Å². The number of imidazole rings is 1. The summed E-state index contributed by atoms with van der Waals surface area (Å²) in [5, 5.41) is 3.09. The first kappa shape index (κ1) is 21.3. The lowest BCUT2D eigenvalue weighted by atomic mass is 10.0. The number of rotatable bonds is 5. The number of fused-ring (bicyclic) bond motifs is 2. The monoisotopic (exact) mass is 467 g/mol. The lowest BCUT2D eigenvalue weighted by Crippen LogP contribution is -2.10. The minimum Gasteiger partial charge on any atom is -0.493 e. The molecule has 0 bridgehead atoms. The van der Waals surface area contributed by atoms with Crippen LogP contribution >= 0.6 is 0 Å². The van der Waals surface area contributed by atoms with Crippen molar-refractivity contribution in [2.75, 3.05) is 18.2 Å². The fourth-order valence-corrected chi connectivity index (χ4v) is 5.03. The molecule has 1 aliphatic rings. The number of ether oxygens (including phenoxy) is 1. The first-order chi connectivity index (χ1) is 15.7.